The highest BCUT2D eigenvalue weighted by Gasteiger charge is 2.26. The van der Waals surface area contributed by atoms with Crippen LogP contribution in [0.3, 0.4) is 0 Å². The molecule has 0 atom stereocenters. The average molecular weight is 332 g/mol. The van der Waals surface area contributed by atoms with Crippen molar-refractivity contribution in [3.63, 3.8) is 0 Å². The van der Waals surface area contributed by atoms with Crippen LogP contribution < -0.4 is 5.32 Å². The first-order valence-corrected chi connectivity index (χ1v) is 7.97. The summed E-state index contributed by atoms with van der Waals surface area (Å²) in [5.74, 6) is 0.891. The summed E-state index contributed by atoms with van der Waals surface area (Å²) in [5, 5.41) is 12.8. The van der Waals surface area contributed by atoms with E-state index in [-0.39, 0.29) is 18.4 Å². The van der Waals surface area contributed by atoms with Crippen molar-refractivity contribution in [2.45, 2.75) is 32.1 Å². The van der Waals surface area contributed by atoms with Crippen molar-refractivity contribution in [3.05, 3.63) is 15.9 Å². The smallest absolute Gasteiger partial charge is 0.228 e. The van der Waals surface area contributed by atoms with Crippen LogP contribution in [0.15, 0.2) is 15.9 Å². The van der Waals surface area contributed by atoms with Gasteiger partial charge in [-0.3, -0.25) is 4.79 Å². The molecule has 1 saturated carbocycles. The van der Waals surface area contributed by atoms with Crippen LogP contribution in [0.25, 0.3) is 0 Å². The van der Waals surface area contributed by atoms with Gasteiger partial charge in [0.1, 0.15) is 0 Å². The summed E-state index contributed by atoms with van der Waals surface area (Å²) in [4.78, 5) is 12.1. The van der Waals surface area contributed by atoms with E-state index in [2.05, 4.69) is 21.2 Å². The molecule has 2 N–H and O–H groups in total. The molecular weight excluding hydrogens is 314 g/mol. The molecule has 0 bridgehead atoms. The lowest BCUT2D eigenvalue weighted by atomic mass is 9.80. The number of hydrogen-bond donors (Lipinski definition) is 2. The molecule has 0 aliphatic heterocycles. The summed E-state index contributed by atoms with van der Waals surface area (Å²) >= 11 is 4.93. The number of amides is 1. The number of hydrogen-bond acceptors (Lipinski definition) is 3. The second-order valence-corrected chi connectivity index (χ2v) is 7.29. The molecule has 1 fully saturated rings. The zero-order valence-electron chi connectivity index (χ0n) is 10.2. The molecule has 1 aromatic heterocycles. The third-order valence-electron chi connectivity index (χ3n) is 3.57. The second-order valence-electron chi connectivity index (χ2n) is 4.82. The van der Waals surface area contributed by atoms with Gasteiger partial charge in [0.25, 0.3) is 0 Å². The van der Waals surface area contributed by atoms with Gasteiger partial charge in [0.15, 0.2) is 0 Å². The average Bonchev–Trinajstić information content (AvgIpc) is 2.76. The normalized spacial score (nSPS) is 23.9. The summed E-state index contributed by atoms with van der Waals surface area (Å²) in [6.45, 7) is 0.269. The number of halogens is 1. The monoisotopic (exact) mass is 331 g/mol. The first-order valence-electron chi connectivity index (χ1n) is 6.36. The lowest BCUT2D eigenvalue weighted by molar-refractivity contribution is -0.121. The number of carbonyl (C=O) groups is 1. The summed E-state index contributed by atoms with van der Waals surface area (Å²) in [7, 11) is 0. The van der Waals surface area contributed by atoms with E-state index >= 15 is 0 Å². The van der Waals surface area contributed by atoms with E-state index in [1.807, 2.05) is 12.1 Å². The third kappa shape index (κ3) is 3.80. The third-order valence-corrected chi connectivity index (χ3v) is 5.11. The van der Waals surface area contributed by atoms with Crippen molar-refractivity contribution >= 4 is 38.2 Å². The summed E-state index contributed by atoms with van der Waals surface area (Å²) < 4.78 is 1.03. The van der Waals surface area contributed by atoms with Crippen molar-refractivity contribution in [3.8, 4) is 0 Å². The van der Waals surface area contributed by atoms with Gasteiger partial charge in [-0.25, -0.2) is 0 Å². The van der Waals surface area contributed by atoms with Crippen molar-refractivity contribution in [2.75, 3.05) is 11.9 Å². The molecule has 0 unspecified atom stereocenters. The van der Waals surface area contributed by atoms with Crippen LogP contribution in [0, 0.1) is 11.8 Å². The van der Waals surface area contributed by atoms with Crippen LogP contribution >= 0.6 is 27.3 Å². The summed E-state index contributed by atoms with van der Waals surface area (Å²) in [6, 6.07) is 3.86. The Morgan fingerprint density at radius 2 is 2.11 bits per heavy atom. The van der Waals surface area contributed by atoms with E-state index in [4.69, 9.17) is 5.11 Å². The van der Waals surface area contributed by atoms with Gasteiger partial charge in [-0.05, 0) is 66.1 Å². The van der Waals surface area contributed by atoms with Crippen LogP contribution in [-0.4, -0.2) is 17.6 Å². The molecule has 1 amide bonds. The maximum Gasteiger partial charge on any atom is 0.228 e. The van der Waals surface area contributed by atoms with E-state index in [0.29, 0.717) is 5.92 Å². The van der Waals surface area contributed by atoms with Gasteiger partial charge in [-0.1, -0.05) is 0 Å². The predicted molar refractivity (Wildman–Crippen MR) is 77.8 cm³/mol. The minimum absolute atomic E-state index is 0.140. The van der Waals surface area contributed by atoms with Gasteiger partial charge in [-0.15, -0.1) is 11.3 Å². The number of anilines is 1. The fourth-order valence-electron chi connectivity index (χ4n) is 2.50. The Hall–Kier alpha value is -0.390. The Labute approximate surface area is 120 Å². The van der Waals surface area contributed by atoms with Crippen molar-refractivity contribution < 1.29 is 9.90 Å². The van der Waals surface area contributed by atoms with Gasteiger partial charge in [0.2, 0.25) is 5.91 Å². The van der Waals surface area contributed by atoms with Crippen LogP contribution in [-0.2, 0) is 4.79 Å². The predicted octanol–water partition coefficient (Wildman–Crippen LogP) is 3.64. The molecule has 3 nitrogen and oxygen atoms in total. The van der Waals surface area contributed by atoms with Gasteiger partial charge in [-0.2, -0.15) is 0 Å². The first-order chi connectivity index (χ1) is 8.69. The molecule has 0 aromatic carbocycles. The Morgan fingerprint density at radius 1 is 1.39 bits per heavy atom. The summed E-state index contributed by atoms with van der Waals surface area (Å²) in [6.07, 6.45) is 4.90. The second kappa shape index (κ2) is 6.68. The number of thiophene rings is 1. The van der Waals surface area contributed by atoms with E-state index in [9.17, 15) is 4.79 Å². The number of aliphatic hydroxyl groups is 1. The molecule has 0 saturated heterocycles. The van der Waals surface area contributed by atoms with Crippen LogP contribution in [0.5, 0.6) is 0 Å². The number of aliphatic hydroxyl groups excluding tert-OH is 1. The summed E-state index contributed by atoms with van der Waals surface area (Å²) in [5.41, 5.74) is 0. The molecule has 1 aromatic rings. The zero-order chi connectivity index (χ0) is 13.0. The lowest BCUT2D eigenvalue weighted by Gasteiger charge is -2.27. The van der Waals surface area contributed by atoms with E-state index in [1.54, 1.807) is 11.3 Å². The zero-order valence-corrected chi connectivity index (χ0v) is 12.6. The molecular formula is C13H18BrNO2S. The number of carbonyl (C=O) groups excluding carboxylic acids is 1. The van der Waals surface area contributed by atoms with E-state index in [1.165, 1.54) is 0 Å². The maximum atomic E-state index is 12.1. The fourth-order valence-corrected chi connectivity index (χ4v) is 3.79. The molecule has 1 aliphatic rings. The highest BCUT2D eigenvalue weighted by molar-refractivity contribution is 9.11. The fraction of sp³-hybridized carbons (Fsp3) is 0.615. The Balaban J connectivity index is 1.80. The van der Waals surface area contributed by atoms with Crippen molar-refractivity contribution in [2.24, 2.45) is 11.8 Å². The Bertz CT molecular complexity index is 399. The van der Waals surface area contributed by atoms with Crippen molar-refractivity contribution in [1.29, 1.82) is 0 Å². The van der Waals surface area contributed by atoms with E-state index < -0.39 is 0 Å². The molecule has 100 valence electrons. The molecule has 5 heteroatoms. The largest absolute Gasteiger partial charge is 0.396 e. The maximum absolute atomic E-state index is 12.1. The highest BCUT2D eigenvalue weighted by Crippen LogP contribution is 2.32. The SMILES string of the molecule is O=C(Nc1ccc(Br)s1)C1CCC(CCO)CC1. The van der Waals surface area contributed by atoms with Gasteiger partial charge < -0.3 is 10.4 Å². The first kappa shape index (κ1) is 14.0. The number of nitrogens with one attached hydrogen (secondary N) is 1. The number of rotatable bonds is 4. The topological polar surface area (TPSA) is 49.3 Å². The quantitative estimate of drug-likeness (QED) is 0.884. The molecule has 0 radical (unpaired) electrons. The van der Waals surface area contributed by atoms with Crippen LogP contribution in [0.1, 0.15) is 32.1 Å². The molecule has 18 heavy (non-hydrogen) atoms. The van der Waals surface area contributed by atoms with Gasteiger partial charge in [0.05, 0.1) is 8.79 Å². The van der Waals surface area contributed by atoms with Crippen LogP contribution in [0.4, 0.5) is 5.00 Å². The standard InChI is InChI=1S/C13H18BrNO2S/c14-11-5-6-12(18-11)15-13(17)10-3-1-9(2-4-10)7-8-16/h5-6,9-10,16H,1-4,7-8H2,(H,15,17). The molecule has 1 aliphatic carbocycles. The van der Waals surface area contributed by atoms with Crippen LogP contribution in [0.2, 0.25) is 0 Å². The van der Waals surface area contributed by atoms with E-state index in [0.717, 1.165) is 40.9 Å². The van der Waals surface area contributed by atoms with Gasteiger partial charge >= 0.3 is 0 Å². The Morgan fingerprint density at radius 3 is 2.67 bits per heavy atom. The van der Waals surface area contributed by atoms with Gasteiger partial charge in [0, 0.05) is 12.5 Å². The Kier molecular flexibility index (Phi) is 5.21. The minimum Gasteiger partial charge on any atom is -0.396 e. The molecule has 1 heterocycles. The highest BCUT2D eigenvalue weighted by atomic mass is 79.9. The molecule has 2 rings (SSSR count). The lowest BCUT2D eigenvalue weighted by Crippen LogP contribution is -2.27. The minimum atomic E-state index is 0.140. The van der Waals surface area contributed by atoms with Crippen molar-refractivity contribution in [1.82, 2.24) is 0 Å². The molecule has 0 spiro atoms.